The maximum absolute atomic E-state index is 5.36. The van der Waals surface area contributed by atoms with E-state index < -0.39 is 0 Å². The van der Waals surface area contributed by atoms with E-state index in [4.69, 9.17) is 9.47 Å². The molecular formula is C18H21N5O2. The molecule has 2 aromatic carbocycles. The Morgan fingerprint density at radius 1 is 0.960 bits per heavy atom. The summed E-state index contributed by atoms with van der Waals surface area (Å²) in [5, 5.41) is 12.0. The molecule has 0 saturated heterocycles. The van der Waals surface area contributed by atoms with Crippen LogP contribution in [0.1, 0.15) is 11.4 Å². The molecule has 0 aliphatic heterocycles. The summed E-state index contributed by atoms with van der Waals surface area (Å²) in [4.78, 5) is 2.15. The zero-order chi connectivity index (χ0) is 17.6. The van der Waals surface area contributed by atoms with Crippen molar-refractivity contribution < 1.29 is 9.47 Å². The van der Waals surface area contributed by atoms with Crippen LogP contribution in [-0.4, -0.2) is 46.4 Å². The largest absolute Gasteiger partial charge is 0.493 e. The van der Waals surface area contributed by atoms with Crippen LogP contribution < -0.4 is 9.47 Å². The minimum atomic E-state index is 0.621. The van der Waals surface area contributed by atoms with Crippen molar-refractivity contribution in [2.75, 3.05) is 21.3 Å². The summed E-state index contributed by atoms with van der Waals surface area (Å²) in [6.45, 7) is 1.36. The van der Waals surface area contributed by atoms with Crippen LogP contribution in [0.25, 0.3) is 5.69 Å². The monoisotopic (exact) mass is 339 g/mol. The van der Waals surface area contributed by atoms with E-state index in [1.807, 2.05) is 55.6 Å². The smallest absolute Gasteiger partial charge is 0.170 e. The van der Waals surface area contributed by atoms with Gasteiger partial charge in [-0.15, -0.1) is 5.10 Å². The fraction of sp³-hybridized carbons (Fsp3) is 0.278. The van der Waals surface area contributed by atoms with Crippen molar-refractivity contribution in [2.45, 2.75) is 13.1 Å². The van der Waals surface area contributed by atoms with E-state index in [0.717, 1.165) is 35.1 Å². The molecule has 3 rings (SSSR count). The van der Waals surface area contributed by atoms with Crippen molar-refractivity contribution in [3.63, 3.8) is 0 Å². The fourth-order valence-corrected chi connectivity index (χ4v) is 2.66. The molecule has 7 nitrogen and oxygen atoms in total. The predicted octanol–water partition coefficient (Wildman–Crippen LogP) is 2.31. The molecule has 0 radical (unpaired) electrons. The van der Waals surface area contributed by atoms with Gasteiger partial charge in [0.1, 0.15) is 0 Å². The Morgan fingerprint density at radius 2 is 1.72 bits per heavy atom. The van der Waals surface area contributed by atoms with Crippen molar-refractivity contribution in [1.82, 2.24) is 25.1 Å². The number of nitrogens with zero attached hydrogens (tertiary/aromatic N) is 5. The number of aromatic nitrogens is 4. The lowest BCUT2D eigenvalue weighted by molar-refractivity contribution is 0.305. The van der Waals surface area contributed by atoms with Gasteiger partial charge < -0.3 is 9.47 Å². The second-order valence-electron chi connectivity index (χ2n) is 5.70. The molecule has 3 aromatic rings. The van der Waals surface area contributed by atoms with Crippen LogP contribution in [0.2, 0.25) is 0 Å². The Bertz CT molecular complexity index is 819. The highest BCUT2D eigenvalue weighted by molar-refractivity contribution is 5.42. The Morgan fingerprint density at radius 3 is 2.44 bits per heavy atom. The SMILES string of the molecule is COc1ccc(CN(C)Cc2nnnn2-c2ccccc2)cc1OC. The highest BCUT2D eigenvalue weighted by atomic mass is 16.5. The second kappa shape index (κ2) is 7.76. The quantitative estimate of drug-likeness (QED) is 0.658. The molecule has 0 aliphatic carbocycles. The number of ether oxygens (including phenoxy) is 2. The Hall–Kier alpha value is -2.93. The third-order valence-corrected chi connectivity index (χ3v) is 3.85. The molecule has 1 heterocycles. The van der Waals surface area contributed by atoms with Gasteiger partial charge in [0.15, 0.2) is 17.3 Å². The lowest BCUT2D eigenvalue weighted by Crippen LogP contribution is -2.20. The Kier molecular flexibility index (Phi) is 5.25. The molecule has 0 atom stereocenters. The number of benzene rings is 2. The summed E-state index contributed by atoms with van der Waals surface area (Å²) in [6.07, 6.45) is 0. The Balaban J connectivity index is 1.72. The maximum atomic E-state index is 5.36. The van der Waals surface area contributed by atoms with Gasteiger partial charge >= 0.3 is 0 Å². The zero-order valence-corrected chi connectivity index (χ0v) is 14.6. The number of para-hydroxylation sites is 1. The molecule has 0 aliphatic rings. The van der Waals surface area contributed by atoms with Gasteiger partial charge in [-0.25, -0.2) is 0 Å². The molecule has 0 fully saturated rings. The van der Waals surface area contributed by atoms with Crippen LogP contribution in [0.4, 0.5) is 0 Å². The molecule has 25 heavy (non-hydrogen) atoms. The van der Waals surface area contributed by atoms with E-state index in [9.17, 15) is 0 Å². The average molecular weight is 339 g/mol. The maximum Gasteiger partial charge on any atom is 0.170 e. The molecule has 1 aromatic heterocycles. The first kappa shape index (κ1) is 16.9. The van der Waals surface area contributed by atoms with Crippen LogP contribution >= 0.6 is 0 Å². The van der Waals surface area contributed by atoms with Gasteiger partial charge in [0.05, 0.1) is 26.5 Å². The third-order valence-electron chi connectivity index (χ3n) is 3.85. The van der Waals surface area contributed by atoms with E-state index in [0.29, 0.717) is 6.54 Å². The first-order valence-corrected chi connectivity index (χ1v) is 7.93. The van der Waals surface area contributed by atoms with Gasteiger partial charge in [-0.3, -0.25) is 4.90 Å². The number of hydrogen-bond acceptors (Lipinski definition) is 6. The summed E-state index contributed by atoms with van der Waals surface area (Å²) in [7, 11) is 5.30. The fourth-order valence-electron chi connectivity index (χ4n) is 2.66. The van der Waals surface area contributed by atoms with Gasteiger partial charge in [0.25, 0.3) is 0 Å². The van der Waals surface area contributed by atoms with E-state index in [-0.39, 0.29) is 0 Å². The highest BCUT2D eigenvalue weighted by Crippen LogP contribution is 2.28. The normalized spacial score (nSPS) is 10.9. The van der Waals surface area contributed by atoms with Gasteiger partial charge in [-0.1, -0.05) is 24.3 Å². The van der Waals surface area contributed by atoms with Gasteiger partial charge in [-0.05, 0) is 47.3 Å². The molecule has 0 bridgehead atoms. The van der Waals surface area contributed by atoms with E-state index in [1.54, 1.807) is 18.9 Å². The number of hydrogen-bond donors (Lipinski definition) is 0. The van der Waals surface area contributed by atoms with E-state index >= 15 is 0 Å². The molecule has 0 amide bonds. The first-order valence-electron chi connectivity index (χ1n) is 7.93. The van der Waals surface area contributed by atoms with Crippen LogP contribution in [-0.2, 0) is 13.1 Å². The number of tetrazole rings is 1. The van der Waals surface area contributed by atoms with Crippen LogP contribution in [0.5, 0.6) is 11.5 Å². The van der Waals surface area contributed by atoms with Gasteiger partial charge in [0.2, 0.25) is 0 Å². The molecule has 0 unspecified atom stereocenters. The highest BCUT2D eigenvalue weighted by Gasteiger charge is 2.12. The third kappa shape index (κ3) is 3.95. The predicted molar refractivity (Wildman–Crippen MR) is 93.9 cm³/mol. The van der Waals surface area contributed by atoms with Crippen molar-refractivity contribution in [3.8, 4) is 17.2 Å². The summed E-state index contributed by atoms with van der Waals surface area (Å²) < 4.78 is 12.4. The standard InChI is InChI=1S/C18H21N5O2/c1-22(12-14-9-10-16(24-2)17(11-14)25-3)13-18-19-20-21-23(18)15-7-5-4-6-8-15/h4-11H,12-13H2,1-3H3. The molecule has 0 saturated carbocycles. The summed E-state index contributed by atoms with van der Waals surface area (Å²) in [5.41, 5.74) is 2.07. The van der Waals surface area contributed by atoms with Gasteiger partial charge in [-0.2, -0.15) is 4.68 Å². The zero-order valence-electron chi connectivity index (χ0n) is 14.6. The van der Waals surface area contributed by atoms with Crippen molar-refractivity contribution in [1.29, 1.82) is 0 Å². The minimum Gasteiger partial charge on any atom is -0.493 e. The summed E-state index contributed by atoms with van der Waals surface area (Å²) >= 11 is 0. The molecule has 130 valence electrons. The molecular weight excluding hydrogens is 318 g/mol. The van der Waals surface area contributed by atoms with E-state index in [2.05, 4.69) is 20.4 Å². The van der Waals surface area contributed by atoms with E-state index in [1.165, 1.54) is 0 Å². The molecule has 0 N–H and O–H groups in total. The topological polar surface area (TPSA) is 65.3 Å². The van der Waals surface area contributed by atoms with Crippen molar-refractivity contribution in [3.05, 3.63) is 59.9 Å². The van der Waals surface area contributed by atoms with Crippen molar-refractivity contribution >= 4 is 0 Å². The van der Waals surface area contributed by atoms with Crippen LogP contribution in [0.15, 0.2) is 48.5 Å². The van der Waals surface area contributed by atoms with Crippen LogP contribution in [0.3, 0.4) is 0 Å². The van der Waals surface area contributed by atoms with Crippen molar-refractivity contribution in [2.24, 2.45) is 0 Å². The summed E-state index contributed by atoms with van der Waals surface area (Å²) in [6, 6.07) is 15.8. The van der Waals surface area contributed by atoms with Crippen LogP contribution in [0, 0.1) is 0 Å². The molecule has 0 spiro atoms. The average Bonchev–Trinajstić information content (AvgIpc) is 3.10. The Labute approximate surface area is 146 Å². The molecule has 7 heteroatoms. The first-order chi connectivity index (χ1) is 12.2. The lowest BCUT2D eigenvalue weighted by Gasteiger charge is -2.17. The number of rotatable bonds is 7. The van der Waals surface area contributed by atoms with Gasteiger partial charge in [0, 0.05) is 6.54 Å². The lowest BCUT2D eigenvalue weighted by atomic mass is 10.2. The minimum absolute atomic E-state index is 0.621. The summed E-state index contributed by atoms with van der Waals surface area (Å²) in [5.74, 6) is 2.23. The second-order valence-corrected chi connectivity index (χ2v) is 5.70. The number of methoxy groups -OCH3 is 2.